The number of nitrogens with one attached hydrogen (secondary N) is 1. The number of hydrogen-bond donors (Lipinski definition) is 1. The second-order valence-corrected chi connectivity index (χ2v) is 4.81. The van der Waals surface area contributed by atoms with E-state index in [1.807, 2.05) is 30.8 Å². The Kier molecular flexibility index (Phi) is 4.40. The number of aromatic nitrogens is 2. The molecule has 0 bridgehead atoms. The Labute approximate surface area is 120 Å². The van der Waals surface area contributed by atoms with Crippen molar-refractivity contribution in [3.8, 4) is 5.75 Å². The topological polar surface area (TPSA) is 39.1 Å². The summed E-state index contributed by atoms with van der Waals surface area (Å²) >= 11 is 0. The van der Waals surface area contributed by atoms with Gasteiger partial charge in [-0.15, -0.1) is 13.2 Å². The molecule has 1 heterocycles. The summed E-state index contributed by atoms with van der Waals surface area (Å²) in [7, 11) is 0. The Hall–Kier alpha value is -2.18. The summed E-state index contributed by atoms with van der Waals surface area (Å²) < 4.78 is 42.1. The minimum Gasteiger partial charge on any atom is -0.406 e. The van der Waals surface area contributed by atoms with Crippen LogP contribution in [-0.2, 0) is 6.54 Å². The van der Waals surface area contributed by atoms with Crippen molar-refractivity contribution in [2.24, 2.45) is 0 Å². The zero-order valence-corrected chi connectivity index (χ0v) is 11.7. The Bertz CT molecular complexity index is 593. The first-order chi connectivity index (χ1) is 9.83. The number of halogens is 3. The van der Waals surface area contributed by atoms with Crippen LogP contribution in [0, 0.1) is 0 Å². The molecule has 4 nitrogen and oxygen atoms in total. The van der Waals surface area contributed by atoms with E-state index in [1.54, 1.807) is 6.07 Å². The van der Waals surface area contributed by atoms with Crippen LogP contribution >= 0.6 is 0 Å². The quantitative estimate of drug-likeness (QED) is 0.908. The second kappa shape index (κ2) is 6.07. The molecule has 0 saturated carbocycles. The first-order valence-corrected chi connectivity index (χ1v) is 6.47. The van der Waals surface area contributed by atoms with E-state index in [4.69, 9.17) is 0 Å². The summed E-state index contributed by atoms with van der Waals surface area (Å²) in [6.07, 6.45) is -2.82. The lowest BCUT2D eigenvalue weighted by Gasteiger charge is -2.10. The van der Waals surface area contributed by atoms with Crippen LogP contribution in [0.1, 0.15) is 25.6 Å². The molecule has 2 rings (SSSR count). The zero-order valence-electron chi connectivity index (χ0n) is 11.7. The smallest absolute Gasteiger partial charge is 0.406 e. The lowest BCUT2D eigenvalue weighted by molar-refractivity contribution is -0.274. The van der Waals surface area contributed by atoms with Gasteiger partial charge in [0.1, 0.15) is 5.75 Å². The van der Waals surface area contributed by atoms with Crippen LogP contribution in [0.3, 0.4) is 0 Å². The molecule has 1 aromatic heterocycles. The molecule has 0 radical (unpaired) electrons. The van der Waals surface area contributed by atoms with Crippen molar-refractivity contribution >= 4 is 5.69 Å². The van der Waals surface area contributed by atoms with Gasteiger partial charge in [0.25, 0.3) is 0 Å². The number of hydrogen-bond acceptors (Lipinski definition) is 3. The van der Waals surface area contributed by atoms with Crippen LogP contribution in [-0.4, -0.2) is 16.1 Å². The van der Waals surface area contributed by atoms with Crippen LogP contribution in [0.5, 0.6) is 5.75 Å². The highest BCUT2D eigenvalue weighted by Crippen LogP contribution is 2.25. The predicted molar refractivity (Wildman–Crippen MR) is 73.1 cm³/mol. The van der Waals surface area contributed by atoms with Gasteiger partial charge < -0.3 is 10.1 Å². The number of ether oxygens (including phenoxy) is 1. The molecular formula is C14H16F3N3O. The standard InChI is InChI=1S/C14H16F3N3O/c1-10(2)20-7-6-12(19-20)9-18-11-4-3-5-13(8-11)21-14(15,16)17/h3-8,10,18H,9H2,1-2H3. The van der Waals surface area contributed by atoms with E-state index in [9.17, 15) is 13.2 Å². The molecule has 0 aliphatic carbocycles. The van der Waals surface area contributed by atoms with Crippen LogP contribution < -0.4 is 10.1 Å². The number of alkyl halides is 3. The third-order valence-corrected chi connectivity index (χ3v) is 2.73. The highest BCUT2D eigenvalue weighted by molar-refractivity contribution is 5.48. The molecule has 1 aromatic carbocycles. The van der Waals surface area contributed by atoms with Gasteiger partial charge in [0.2, 0.25) is 0 Å². The van der Waals surface area contributed by atoms with Crippen molar-refractivity contribution in [2.45, 2.75) is 32.8 Å². The van der Waals surface area contributed by atoms with Crippen molar-refractivity contribution < 1.29 is 17.9 Å². The molecule has 1 N–H and O–H groups in total. The van der Waals surface area contributed by atoms with Gasteiger partial charge in [0.05, 0.1) is 12.2 Å². The molecule has 0 spiro atoms. The van der Waals surface area contributed by atoms with E-state index in [0.29, 0.717) is 12.2 Å². The molecular weight excluding hydrogens is 283 g/mol. The average molecular weight is 299 g/mol. The maximum absolute atomic E-state index is 12.1. The summed E-state index contributed by atoms with van der Waals surface area (Å²) in [6, 6.07) is 7.85. The molecule has 2 aromatic rings. The Morgan fingerprint density at radius 2 is 2.05 bits per heavy atom. The largest absolute Gasteiger partial charge is 0.573 e. The van der Waals surface area contributed by atoms with Gasteiger partial charge in [-0.25, -0.2) is 0 Å². The number of benzene rings is 1. The molecule has 7 heteroatoms. The Morgan fingerprint density at radius 3 is 2.67 bits per heavy atom. The maximum Gasteiger partial charge on any atom is 0.573 e. The summed E-state index contributed by atoms with van der Waals surface area (Å²) in [5.74, 6) is -0.250. The summed E-state index contributed by atoms with van der Waals surface area (Å²) in [4.78, 5) is 0. The van der Waals surface area contributed by atoms with E-state index in [1.165, 1.54) is 18.2 Å². The SMILES string of the molecule is CC(C)n1ccc(CNc2cccc(OC(F)(F)F)c2)n1. The first-order valence-electron chi connectivity index (χ1n) is 6.47. The second-order valence-electron chi connectivity index (χ2n) is 4.81. The molecule has 0 aliphatic rings. The van der Waals surface area contributed by atoms with Gasteiger partial charge >= 0.3 is 6.36 Å². The Morgan fingerprint density at radius 1 is 1.29 bits per heavy atom. The minimum absolute atomic E-state index is 0.250. The van der Waals surface area contributed by atoms with Crippen LogP contribution in [0.4, 0.5) is 18.9 Å². The molecule has 0 unspecified atom stereocenters. The van der Waals surface area contributed by atoms with Crippen LogP contribution in [0.25, 0.3) is 0 Å². The lowest BCUT2D eigenvalue weighted by atomic mass is 10.3. The first kappa shape index (κ1) is 15.2. The highest BCUT2D eigenvalue weighted by Gasteiger charge is 2.31. The van der Waals surface area contributed by atoms with Crippen molar-refractivity contribution in [2.75, 3.05) is 5.32 Å². The van der Waals surface area contributed by atoms with Crippen molar-refractivity contribution in [3.05, 3.63) is 42.2 Å². The van der Waals surface area contributed by atoms with Crippen molar-refractivity contribution in [1.82, 2.24) is 9.78 Å². The molecule has 114 valence electrons. The van der Waals surface area contributed by atoms with Crippen molar-refractivity contribution in [3.63, 3.8) is 0 Å². The van der Waals surface area contributed by atoms with Gasteiger partial charge in [0, 0.05) is 24.0 Å². The van der Waals surface area contributed by atoms with Crippen LogP contribution in [0.15, 0.2) is 36.5 Å². The normalized spacial score (nSPS) is 11.7. The van der Waals surface area contributed by atoms with Gasteiger partial charge in [-0.05, 0) is 32.0 Å². The molecule has 21 heavy (non-hydrogen) atoms. The van der Waals surface area contributed by atoms with E-state index < -0.39 is 6.36 Å². The molecule has 0 saturated heterocycles. The molecule has 0 atom stereocenters. The summed E-state index contributed by atoms with van der Waals surface area (Å²) in [6.45, 7) is 4.46. The fourth-order valence-electron chi connectivity index (χ4n) is 1.76. The maximum atomic E-state index is 12.1. The minimum atomic E-state index is -4.69. The average Bonchev–Trinajstić information content (AvgIpc) is 2.83. The molecule has 0 amide bonds. The van der Waals surface area contributed by atoms with E-state index in [-0.39, 0.29) is 11.8 Å². The zero-order chi connectivity index (χ0) is 15.5. The van der Waals surface area contributed by atoms with Crippen LogP contribution in [0.2, 0.25) is 0 Å². The molecule has 0 fully saturated rings. The van der Waals surface area contributed by atoms with Gasteiger partial charge in [-0.2, -0.15) is 5.10 Å². The monoisotopic (exact) mass is 299 g/mol. The number of rotatable bonds is 5. The van der Waals surface area contributed by atoms with E-state index in [2.05, 4.69) is 15.2 Å². The summed E-state index contributed by atoms with van der Waals surface area (Å²) in [5, 5.41) is 7.37. The van der Waals surface area contributed by atoms with Gasteiger partial charge in [0.15, 0.2) is 0 Å². The van der Waals surface area contributed by atoms with E-state index in [0.717, 1.165) is 5.69 Å². The van der Waals surface area contributed by atoms with Gasteiger partial charge in [-0.3, -0.25) is 4.68 Å². The fourth-order valence-corrected chi connectivity index (χ4v) is 1.76. The molecule has 0 aliphatic heterocycles. The third-order valence-electron chi connectivity index (χ3n) is 2.73. The third kappa shape index (κ3) is 4.70. The highest BCUT2D eigenvalue weighted by atomic mass is 19.4. The summed E-state index contributed by atoms with van der Waals surface area (Å²) in [5.41, 5.74) is 1.35. The van der Waals surface area contributed by atoms with Gasteiger partial charge in [-0.1, -0.05) is 6.07 Å². The number of anilines is 1. The van der Waals surface area contributed by atoms with E-state index >= 15 is 0 Å². The van der Waals surface area contributed by atoms with Crippen molar-refractivity contribution in [1.29, 1.82) is 0 Å². The number of nitrogens with zero attached hydrogens (tertiary/aromatic N) is 2. The predicted octanol–water partition coefficient (Wildman–Crippen LogP) is 3.97. The fraction of sp³-hybridized carbons (Fsp3) is 0.357. The Balaban J connectivity index is 1.98. The lowest BCUT2D eigenvalue weighted by Crippen LogP contribution is -2.17.